The molecule has 0 amide bonds. The molecule has 348 valence electrons. The van der Waals surface area contributed by atoms with Gasteiger partial charge in [-0.05, 0) is 179 Å². The van der Waals surface area contributed by atoms with E-state index in [4.69, 9.17) is 0 Å². The zero-order valence-electron chi connectivity index (χ0n) is 40.8. The van der Waals surface area contributed by atoms with Gasteiger partial charge in [0, 0.05) is 34.1 Å². The highest BCUT2D eigenvalue weighted by molar-refractivity contribution is 6.33. The Bertz CT molecular complexity index is 3970. The molecule has 2 heteroatoms. The van der Waals surface area contributed by atoms with Gasteiger partial charge in [-0.15, -0.1) is 0 Å². The molecular formula is C72H50N2. The standard InChI is InChI=1S/C72H50N2/c1-8-22-53(23-9-1)66-50-67(54-24-10-2-11-25-54)71-64-46-40-56(51-36-42-62(43-37-51)73(58-28-14-4-15-29-58)59-30-16-5-17-31-59)48-68(64)69-49-57(41-47-65(69)72(71)70(66)55-26-12-3-13-27-55)52-38-44-63(45-39-52)74(60-32-18-6-19-33-60)61-34-20-7-21-35-61/h1-50H. The number of benzene rings is 13. The molecule has 0 bridgehead atoms. The van der Waals surface area contributed by atoms with Crippen molar-refractivity contribution in [3.8, 4) is 55.6 Å². The zero-order valence-corrected chi connectivity index (χ0v) is 40.8. The zero-order chi connectivity index (χ0) is 49.2. The molecule has 0 aliphatic carbocycles. The molecule has 0 heterocycles. The first kappa shape index (κ1) is 44.2. The van der Waals surface area contributed by atoms with Gasteiger partial charge in [-0.3, -0.25) is 0 Å². The maximum atomic E-state index is 2.45. The Hall–Kier alpha value is -9.76. The summed E-state index contributed by atoms with van der Waals surface area (Å²) in [5.74, 6) is 0. The molecule has 0 spiro atoms. The molecule has 74 heavy (non-hydrogen) atoms. The SMILES string of the molecule is c1ccc(-c2cc(-c3ccccc3)c3c4ccc(-c5ccc(N(c6ccccc6)c6ccccc6)cc5)cc4c4cc(-c5ccc(N(c6ccccc6)c6ccccc6)cc5)ccc4c3c2-c2ccccc2)cc1. The second kappa shape index (κ2) is 19.4. The Labute approximate surface area is 433 Å². The summed E-state index contributed by atoms with van der Waals surface area (Å²) in [6.45, 7) is 0. The average Bonchev–Trinajstić information content (AvgIpc) is 3.49. The lowest BCUT2D eigenvalue weighted by Gasteiger charge is -2.25. The van der Waals surface area contributed by atoms with Crippen molar-refractivity contribution in [2.45, 2.75) is 0 Å². The van der Waals surface area contributed by atoms with E-state index >= 15 is 0 Å². The van der Waals surface area contributed by atoms with Crippen LogP contribution in [0.1, 0.15) is 0 Å². The number of hydrogen-bond acceptors (Lipinski definition) is 2. The fourth-order valence-corrected chi connectivity index (χ4v) is 11.0. The highest BCUT2D eigenvalue weighted by Gasteiger charge is 2.23. The molecule has 0 aromatic heterocycles. The predicted octanol–water partition coefficient (Wildman–Crippen LogP) is 20.4. The van der Waals surface area contributed by atoms with Gasteiger partial charge in [-0.25, -0.2) is 0 Å². The Morgan fingerprint density at radius 2 is 0.473 bits per heavy atom. The summed E-state index contributed by atoms with van der Waals surface area (Å²) < 4.78 is 0. The van der Waals surface area contributed by atoms with Crippen molar-refractivity contribution < 1.29 is 0 Å². The number of hydrogen-bond donors (Lipinski definition) is 0. The van der Waals surface area contributed by atoms with E-state index < -0.39 is 0 Å². The van der Waals surface area contributed by atoms with Crippen LogP contribution < -0.4 is 9.80 Å². The van der Waals surface area contributed by atoms with Gasteiger partial charge in [-0.1, -0.05) is 212 Å². The van der Waals surface area contributed by atoms with Gasteiger partial charge in [-0.2, -0.15) is 0 Å². The van der Waals surface area contributed by atoms with Gasteiger partial charge in [0.25, 0.3) is 0 Å². The highest BCUT2D eigenvalue weighted by atomic mass is 15.1. The smallest absolute Gasteiger partial charge is 0.0462 e. The Balaban J connectivity index is 1.05. The lowest BCUT2D eigenvalue weighted by atomic mass is 9.80. The van der Waals surface area contributed by atoms with Gasteiger partial charge >= 0.3 is 0 Å². The number of anilines is 6. The fourth-order valence-electron chi connectivity index (χ4n) is 11.0. The van der Waals surface area contributed by atoms with E-state index in [1.165, 1.54) is 65.7 Å². The molecule has 0 saturated heterocycles. The van der Waals surface area contributed by atoms with Crippen LogP contribution in [0.2, 0.25) is 0 Å². The Kier molecular flexibility index (Phi) is 11.6. The summed E-state index contributed by atoms with van der Waals surface area (Å²) in [6, 6.07) is 110. The lowest BCUT2D eigenvalue weighted by molar-refractivity contribution is 1.28. The largest absolute Gasteiger partial charge is 0.311 e. The van der Waals surface area contributed by atoms with E-state index in [0.717, 1.165) is 56.4 Å². The summed E-state index contributed by atoms with van der Waals surface area (Å²) >= 11 is 0. The van der Waals surface area contributed by atoms with Gasteiger partial charge in [0.2, 0.25) is 0 Å². The number of nitrogens with zero attached hydrogens (tertiary/aromatic N) is 2. The first-order valence-electron chi connectivity index (χ1n) is 25.4. The van der Waals surface area contributed by atoms with E-state index in [1.54, 1.807) is 0 Å². The van der Waals surface area contributed by atoms with Crippen molar-refractivity contribution in [3.63, 3.8) is 0 Å². The Morgan fingerprint density at radius 3 is 0.851 bits per heavy atom. The summed E-state index contributed by atoms with van der Waals surface area (Å²) in [7, 11) is 0. The molecule has 0 saturated carbocycles. The lowest BCUT2D eigenvalue weighted by Crippen LogP contribution is -2.09. The molecule has 0 aliphatic rings. The van der Waals surface area contributed by atoms with E-state index in [9.17, 15) is 0 Å². The Morgan fingerprint density at radius 1 is 0.176 bits per heavy atom. The van der Waals surface area contributed by atoms with Crippen molar-refractivity contribution in [1.82, 2.24) is 0 Å². The first-order chi connectivity index (χ1) is 36.7. The maximum absolute atomic E-state index is 2.45. The minimum Gasteiger partial charge on any atom is -0.311 e. The van der Waals surface area contributed by atoms with Gasteiger partial charge in [0.15, 0.2) is 0 Å². The molecule has 0 unspecified atom stereocenters. The molecule has 0 aliphatic heterocycles. The number of fused-ring (bicyclic) bond motifs is 6. The molecule has 0 atom stereocenters. The van der Waals surface area contributed by atoms with Crippen LogP contribution in [0.4, 0.5) is 34.1 Å². The highest BCUT2D eigenvalue weighted by Crippen LogP contribution is 2.50. The molecule has 0 radical (unpaired) electrons. The van der Waals surface area contributed by atoms with E-state index in [2.05, 4.69) is 313 Å². The van der Waals surface area contributed by atoms with Crippen molar-refractivity contribution in [1.29, 1.82) is 0 Å². The van der Waals surface area contributed by atoms with Gasteiger partial charge < -0.3 is 9.80 Å². The van der Waals surface area contributed by atoms with Gasteiger partial charge in [0.05, 0.1) is 0 Å². The van der Waals surface area contributed by atoms with Crippen LogP contribution in [0.15, 0.2) is 303 Å². The predicted molar refractivity (Wildman–Crippen MR) is 316 cm³/mol. The molecule has 13 aromatic carbocycles. The minimum absolute atomic E-state index is 1.10. The van der Waals surface area contributed by atoms with Crippen LogP contribution in [0, 0.1) is 0 Å². The van der Waals surface area contributed by atoms with E-state index in [1.807, 2.05) is 0 Å². The summed E-state index contributed by atoms with van der Waals surface area (Å²) in [5.41, 5.74) is 18.5. The number of rotatable bonds is 11. The van der Waals surface area contributed by atoms with Crippen LogP contribution >= 0.6 is 0 Å². The monoisotopic (exact) mass is 942 g/mol. The molecule has 0 fully saturated rings. The molecule has 0 N–H and O–H groups in total. The molecule has 13 aromatic rings. The number of para-hydroxylation sites is 4. The quantitative estimate of drug-likeness (QED) is 0.119. The molecular weight excluding hydrogens is 893 g/mol. The van der Waals surface area contributed by atoms with Crippen LogP contribution in [0.3, 0.4) is 0 Å². The third kappa shape index (κ3) is 8.25. The first-order valence-corrected chi connectivity index (χ1v) is 25.4. The second-order valence-corrected chi connectivity index (χ2v) is 18.8. The minimum atomic E-state index is 1.10. The maximum Gasteiger partial charge on any atom is 0.0462 e. The second-order valence-electron chi connectivity index (χ2n) is 18.8. The summed E-state index contributed by atoms with van der Waals surface area (Å²) in [4.78, 5) is 4.64. The fraction of sp³-hybridized carbons (Fsp3) is 0. The van der Waals surface area contributed by atoms with Crippen molar-refractivity contribution in [3.05, 3.63) is 303 Å². The molecule has 2 nitrogen and oxygen atoms in total. The van der Waals surface area contributed by atoms with Crippen LogP contribution in [-0.4, -0.2) is 0 Å². The van der Waals surface area contributed by atoms with Crippen LogP contribution in [0.25, 0.3) is 88.0 Å². The van der Waals surface area contributed by atoms with E-state index in [-0.39, 0.29) is 0 Å². The summed E-state index contributed by atoms with van der Waals surface area (Å²) in [6.07, 6.45) is 0. The topological polar surface area (TPSA) is 6.48 Å². The van der Waals surface area contributed by atoms with Crippen LogP contribution in [-0.2, 0) is 0 Å². The molecule has 13 rings (SSSR count). The van der Waals surface area contributed by atoms with Crippen LogP contribution in [0.5, 0.6) is 0 Å². The van der Waals surface area contributed by atoms with Crippen molar-refractivity contribution >= 4 is 66.4 Å². The van der Waals surface area contributed by atoms with Crippen molar-refractivity contribution in [2.24, 2.45) is 0 Å². The third-order valence-corrected chi connectivity index (χ3v) is 14.4. The van der Waals surface area contributed by atoms with E-state index in [0.29, 0.717) is 0 Å². The summed E-state index contributed by atoms with van der Waals surface area (Å²) in [5, 5.41) is 7.36. The third-order valence-electron chi connectivity index (χ3n) is 14.4. The normalized spacial score (nSPS) is 11.2. The van der Waals surface area contributed by atoms with Gasteiger partial charge in [0.1, 0.15) is 0 Å². The van der Waals surface area contributed by atoms with Crippen molar-refractivity contribution in [2.75, 3.05) is 9.80 Å². The average molecular weight is 943 g/mol.